The Morgan fingerprint density at radius 1 is 1.20 bits per heavy atom. The normalized spacial score (nSPS) is 23.0. The van der Waals surface area contributed by atoms with Gasteiger partial charge in [0.2, 0.25) is 5.95 Å². The van der Waals surface area contributed by atoms with Crippen molar-refractivity contribution in [2.75, 3.05) is 17.7 Å². The van der Waals surface area contributed by atoms with Gasteiger partial charge >= 0.3 is 13.7 Å². The maximum absolute atomic E-state index is 13.8. The molecule has 4 rings (SSSR count). The number of carbonyl (C=O) groups is 1. The number of aliphatic hydroxyl groups excluding tert-OH is 1. The average molecular weight is 592 g/mol. The zero-order chi connectivity index (χ0) is 29.9. The van der Waals surface area contributed by atoms with Gasteiger partial charge in [0.1, 0.15) is 24.1 Å². The standard InChI is InChI=1S/C26H38N7O7P/c1-14(2)29-22-20-23(31-26(27)30-22)33(13-28-20)24-16(5)21(34)19(39-24)12-37-41(36,40-18-10-8-7-9-11-18)32-17(6)25(35)38-15(3)4/h7-11,13-17,19,21,24,34H,12H2,1-6H3,(H,32,36)(H3,27,29,30,31)/t16-,17-,19+,21-,24+,41?/m0/s1. The maximum Gasteiger partial charge on any atom is 0.459 e. The minimum Gasteiger partial charge on any atom is -0.462 e. The second kappa shape index (κ2) is 12.7. The molecule has 1 saturated heterocycles. The van der Waals surface area contributed by atoms with Crippen LogP contribution < -0.4 is 20.7 Å². The molecule has 0 saturated carbocycles. The van der Waals surface area contributed by atoms with Crippen molar-refractivity contribution in [2.45, 2.75) is 78.2 Å². The van der Waals surface area contributed by atoms with Gasteiger partial charge in [-0.25, -0.2) is 9.55 Å². The van der Waals surface area contributed by atoms with Crippen LogP contribution in [0, 0.1) is 5.92 Å². The topological polar surface area (TPSA) is 185 Å². The molecule has 1 aliphatic heterocycles. The van der Waals surface area contributed by atoms with Crippen LogP contribution in [-0.2, 0) is 23.4 Å². The number of hydrogen-bond donors (Lipinski definition) is 4. The van der Waals surface area contributed by atoms with Gasteiger partial charge in [0, 0.05) is 12.0 Å². The summed E-state index contributed by atoms with van der Waals surface area (Å²) < 4.78 is 38.3. The largest absolute Gasteiger partial charge is 0.462 e. The van der Waals surface area contributed by atoms with Crippen LogP contribution in [0.25, 0.3) is 11.2 Å². The van der Waals surface area contributed by atoms with E-state index in [1.807, 2.05) is 13.8 Å². The lowest BCUT2D eigenvalue weighted by molar-refractivity contribution is -0.149. The van der Waals surface area contributed by atoms with E-state index in [9.17, 15) is 14.5 Å². The summed E-state index contributed by atoms with van der Waals surface area (Å²) in [5.41, 5.74) is 6.90. The zero-order valence-corrected chi connectivity index (χ0v) is 24.8. The van der Waals surface area contributed by atoms with Gasteiger partial charge in [-0.1, -0.05) is 25.1 Å². The molecule has 0 bridgehead atoms. The molecule has 1 aromatic carbocycles. The van der Waals surface area contributed by atoms with Crippen molar-refractivity contribution in [3.8, 4) is 5.75 Å². The number of nitrogens with two attached hydrogens (primary N) is 1. The Kier molecular flexibility index (Phi) is 9.50. The van der Waals surface area contributed by atoms with Crippen LogP contribution in [0.1, 0.15) is 47.8 Å². The molecule has 3 heterocycles. The summed E-state index contributed by atoms with van der Waals surface area (Å²) >= 11 is 0. The Morgan fingerprint density at radius 2 is 1.90 bits per heavy atom. The number of para-hydroxylation sites is 1. The molecule has 1 unspecified atom stereocenters. The highest BCUT2D eigenvalue weighted by Gasteiger charge is 2.44. The first kappa shape index (κ1) is 30.7. The Hall–Kier alpha value is -3.29. The average Bonchev–Trinajstić information content (AvgIpc) is 3.43. The number of esters is 1. The first-order valence-corrected chi connectivity index (χ1v) is 15.0. The van der Waals surface area contributed by atoms with Crippen LogP contribution >= 0.6 is 7.75 Å². The molecule has 15 heteroatoms. The van der Waals surface area contributed by atoms with Crippen molar-refractivity contribution in [3.05, 3.63) is 36.7 Å². The van der Waals surface area contributed by atoms with Crippen LogP contribution in [0.2, 0.25) is 0 Å². The number of aromatic nitrogens is 4. The van der Waals surface area contributed by atoms with Crippen LogP contribution in [0.3, 0.4) is 0 Å². The van der Waals surface area contributed by atoms with E-state index >= 15 is 0 Å². The lowest BCUT2D eigenvalue weighted by atomic mass is 10.0. The Morgan fingerprint density at radius 3 is 2.56 bits per heavy atom. The van der Waals surface area contributed by atoms with Gasteiger partial charge in [0.25, 0.3) is 0 Å². The monoisotopic (exact) mass is 591 g/mol. The van der Waals surface area contributed by atoms with Crippen LogP contribution in [-0.4, -0.2) is 67.6 Å². The van der Waals surface area contributed by atoms with Crippen LogP contribution in [0.5, 0.6) is 5.75 Å². The Balaban J connectivity index is 1.53. The van der Waals surface area contributed by atoms with Crippen molar-refractivity contribution in [1.29, 1.82) is 0 Å². The SMILES string of the molecule is CC(C)Nc1nc(N)nc2c1ncn2[C@@H]1O[C@H](COP(=O)(N[C@@H](C)C(=O)OC(C)C)Oc2ccccc2)[C@@H](O)[C@@H]1C. The number of rotatable bonds is 12. The number of nitrogen functional groups attached to an aromatic ring is 1. The number of nitrogens with zero attached hydrogens (tertiary/aromatic N) is 4. The maximum atomic E-state index is 13.8. The van der Waals surface area contributed by atoms with Crippen molar-refractivity contribution < 1.29 is 33.0 Å². The molecule has 0 spiro atoms. The molecule has 5 N–H and O–H groups in total. The number of nitrogens with one attached hydrogen (secondary N) is 2. The predicted molar refractivity (Wildman–Crippen MR) is 152 cm³/mol. The highest BCUT2D eigenvalue weighted by Crippen LogP contribution is 2.46. The molecule has 224 valence electrons. The Labute approximate surface area is 238 Å². The van der Waals surface area contributed by atoms with Gasteiger partial charge in [-0.3, -0.25) is 13.9 Å². The number of hydrogen-bond acceptors (Lipinski definition) is 12. The summed E-state index contributed by atoms with van der Waals surface area (Å²) in [6, 6.07) is 7.48. The van der Waals surface area contributed by atoms with E-state index in [2.05, 4.69) is 25.4 Å². The summed E-state index contributed by atoms with van der Waals surface area (Å²) in [7, 11) is -4.15. The summed E-state index contributed by atoms with van der Waals surface area (Å²) in [6.45, 7) is 10.3. The number of aliphatic hydroxyl groups is 1. The summed E-state index contributed by atoms with van der Waals surface area (Å²) in [5.74, 6) is -0.238. The predicted octanol–water partition coefficient (Wildman–Crippen LogP) is 3.26. The summed E-state index contributed by atoms with van der Waals surface area (Å²) in [5, 5.41) is 16.9. The third kappa shape index (κ3) is 7.32. The van der Waals surface area contributed by atoms with Gasteiger partial charge in [-0.15, -0.1) is 0 Å². The molecule has 0 amide bonds. The fourth-order valence-electron chi connectivity index (χ4n) is 4.35. The molecule has 1 fully saturated rings. The number of ether oxygens (including phenoxy) is 2. The Bertz CT molecular complexity index is 1390. The van der Waals surface area contributed by atoms with Crippen molar-refractivity contribution in [2.24, 2.45) is 5.92 Å². The first-order chi connectivity index (χ1) is 19.4. The van der Waals surface area contributed by atoms with E-state index in [-0.39, 0.29) is 30.5 Å². The number of fused-ring (bicyclic) bond motifs is 1. The van der Waals surface area contributed by atoms with Gasteiger partial charge in [0.15, 0.2) is 17.0 Å². The van der Waals surface area contributed by atoms with E-state index in [1.165, 1.54) is 6.92 Å². The number of carbonyl (C=O) groups excluding carboxylic acids is 1. The first-order valence-electron chi connectivity index (χ1n) is 13.4. The number of benzene rings is 1. The van der Waals surface area contributed by atoms with Gasteiger partial charge in [0.05, 0.1) is 25.1 Å². The van der Waals surface area contributed by atoms with Gasteiger partial charge in [-0.05, 0) is 46.8 Å². The second-order valence-corrected chi connectivity index (χ2v) is 12.2. The lowest BCUT2D eigenvalue weighted by Crippen LogP contribution is -2.37. The summed E-state index contributed by atoms with van der Waals surface area (Å²) in [4.78, 5) is 25.5. The molecule has 1 aliphatic rings. The van der Waals surface area contributed by atoms with Gasteiger partial charge < -0.3 is 30.2 Å². The number of imidazole rings is 1. The fourth-order valence-corrected chi connectivity index (χ4v) is 5.85. The smallest absolute Gasteiger partial charge is 0.459 e. The van der Waals surface area contributed by atoms with Gasteiger partial charge in [-0.2, -0.15) is 15.1 Å². The quantitative estimate of drug-likeness (QED) is 0.178. The lowest BCUT2D eigenvalue weighted by Gasteiger charge is -2.25. The van der Waals surface area contributed by atoms with Crippen molar-refractivity contribution in [1.82, 2.24) is 24.6 Å². The van der Waals surface area contributed by atoms with E-state index in [0.717, 1.165) is 0 Å². The third-order valence-electron chi connectivity index (χ3n) is 6.26. The molecule has 2 aromatic heterocycles. The molecule has 14 nitrogen and oxygen atoms in total. The van der Waals surface area contributed by atoms with Crippen LogP contribution in [0.4, 0.5) is 11.8 Å². The van der Waals surface area contributed by atoms with Crippen molar-refractivity contribution >= 4 is 36.6 Å². The van der Waals surface area contributed by atoms with E-state index in [4.69, 9.17) is 24.3 Å². The van der Waals surface area contributed by atoms with E-state index in [0.29, 0.717) is 17.0 Å². The molecule has 6 atom stereocenters. The minimum absolute atomic E-state index is 0.0590. The highest BCUT2D eigenvalue weighted by molar-refractivity contribution is 7.52. The highest BCUT2D eigenvalue weighted by atomic mass is 31.2. The molecule has 0 radical (unpaired) electrons. The van der Waals surface area contributed by atoms with E-state index < -0.39 is 44.1 Å². The minimum atomic E-state index is -4.15. The molecular weight excluding hydrogens is 553 g/mol. The molecule has 0 aliphatic carbocycles. The zero-order valence-electron chi connectivity index (χ0n) is 23.9. The van der Waals surface area contributed by atoms with Crippen LogP contribution in [0.15, 0.2) is 36.7 Å². The molecular formula is C26H38N7O7P. The third-order valence-corrected chi connectivity index (χ3v) is 7.90. The summed E-state index contributed by atoms with van der Waals surface area (Å²) in [6.07, 6.45) is -1.40. The fraction of sp³-hybridized carbons (Fsp3) is 0.538. The number of anilines is 2. The molecule has 3 aromatic rings. The molecule has 41 heavy (non-hydrogen) atoms. The second-order valence-electron chi connectivity index (χ2n) is 10.5. The van der Waals surface area contributed by atoms with E-state index in [1.54, 1.807) is 62.0 Å². The van der Waals surface area contributed by atoms with Crippen molar-refractivity contribution in [3.63, 3.8) is 0 Å².